The summed E-state index contributed by atoms with van der Waals surface area (Å²) in [6.07, 6.45) is 1.90. The fraction of sp³-hybridized carbons (Fsp3) is 0.0857. The van der Waals surface area contributed by atoms with E-state index < -0.39 is 0 Å². The molecule has 1 aliphatic heterocycles. The van der Waals surface area contributed by atoms with Gasteiger partial charge >= 0.3 is 0 Å². The second kappa shape index (κ2) is 11.4. The molecule has 6 heteroatoms. The van der Waals surface area contributed by atoms with Crippen LogP contribution in [0.5, 0.6) is 5.75 Å². The van der Waals surface area contributed by atoms with Crippen LogP contribution >= 0.6 is 11.8 Å². The third-order valence-corrected chi connectivity index (χ3v) is 7.84. The molecule has 1 heterocycles. The number of halogens is 1. The van der Waals surface area contributed by atoms with Crippen molar-refractivity contribution in [1.82, 2.24) is 0 Å². The molecule has 0 N–H and O–H groups in total. The number of carbonyl (C=O) groups is 1. The number of benzene rings is 5. The fourth-order valence-corrected chi connectivity index (χ4v) is 5.61. The van der Waals surface area contributed by atoms with E-state index in [4.69, 9.17) is 9.73 Å². The number of amides is 1. The largest absolute Gasteiger partial charge is 0.488 e. The minimum absolute atomic E-state index is 0.151. The number of hydrogen-bond acceptors (Lipinski definition) is 4. The Morgan fingerprint density at radius 2 is 1.51 bits per heavy atom. The fourth-order valence-electron chi connectivity index (χ4n) is 4.62. The average Bonchev–Trinajstić information content (AvgIpc) is 3.29. The van der Waals surface area contributed by atoms with Gasteiger partial charge in [0.05, 0.1) is 16.3 Å². The van der Waals surface area contributed by atoms with Gasteiger partial charge in [-0.2, -0.15) is 0 Å². The summed E-state index contributed by atoms with van der Waals surface area (Å²) < 4.78 is 19.7. The Morgan fingerprint density at radius 1 is 0.829 bits per heavy atom. The van der Waals surface area contributed by atoms with Crippen LogP contribution in [0.4, 0.5) is 15.8 Å². The van der Waals surface area contributed by atoms with E-state index >= 15 is 0 Å². The van der Waals surface area contributed by atoms with Gasteiger partial charge in [-0.3, -0.25) is 9.69 Å². The zero-order valence-corrected chi connectivity index (χ0v) is 23.5. The molecule has 5 aromatic rings. The van der Waals surface area contributed by atoms with Gasteiger partial charge < -0.3 is 4.74 Å². The smallest absolute Gasteiger partial charge is 0.271 e. The minimum Gasteiger partial charge on any atom is -0.488 e. The first-order valence-corrected chi connectivity index (χ1v) is 14.1. The molecule has 5 aromatic carbocycles. The predicted molar refractivity (Wildman–Crippen MR) is 167 cm³/mol. The number of thioether (sulfide) groups is 1. The average molecular weight is 559 g/mol. The SMILES string of the molecule is Cc1ccc(N=C2S/C(=C\c3c(OCc4ccc(F)cc4)ccc4ccccc34)C(=O)N2c2ccc(C)cc2)cc1. The molecule has 1 aliphatic rings. The van der Waals surface area contributed by atoms with Crippen molar-refractivity contribution in [1.29, 1.82) is 0 Å². The zero-order valence-electron chi connectivity index (χ0n) is 22.7. The van der Waals surface area contributed by atoms with Crippen LogP contribution in [-0.2, 0) is 11.4 Å². The lowest BCUT2D eigenvalue weighted by atomic mass is 10.0. The second-order valence-electron chi connectivity index (χ2n) is 9.93. The Labute approximate surface area is 242 Å². The minimum atomic E-state index is -0.289. The number of aliphatic imine (C=N–C) groups is 1. The van der Waals surface area contributed by atoms with Crippen LogP contribution in [0.15, 0.2) is 119 Å². The summed E-state index contributed by atoms with van der Waals surface area (Å²) in [5.74, 6) is 0.199. The van der Waals surface area contributed by atoms with Crippen molar-refractivity contribution in [2.24, 2.45) is 4.99 Å². The van der Waals surface area contributed by atoms with Crippen molar-refractivity contribution in [3.05, 3.63) is 142 Å². The first kappa shape index (κ1) is 26.5. The van der Waals surface area contributed by atoms with Crippen LogP contribution in [0.1, 0.15) is 22.3 Å². The Hall–Kier alpha value is -4.68. The maximum absolute atomic E-state index is 14.0. The number of rotatable bonds is 6. The molecule has 1 saturated heterocycles. The van der Waals surface area contributed by atoms with E-state index in [-0.39, 0.29) is 18.3 Å². The summed E-state index contributed by atoms with van der Waals surface area (Å²) in [6, 6.07) is 34.0. The van der Waals surface area contributed by atoms with E-state index in [0.717, 1.165) is 44.4 Å². The van der Waals surface area contributed by atoms with Crippen molar-refractivity contribution >= 4 is 51.1 Å². The quantitative estimate of drug-likeness (QED) is 0.195. The van der Waals surface area contributed by atoms with Crippen molar-refractivity contribution in [3.63, 3.8) is 0 Å². The van der Waals surface area contributed by atoms with Gasteiger partial charge in [-0.25, -0.2) is 9.38 Å². The Bertz CT molecular complexity index is 1790. The van der Waals surface area contributed by atoms with Gasteiger partial charge in [-0.05, 0) is 90.5 Å². The highest BCUT2D eigenvalue weighted by Crippen LogP contribution is 2.40. The van der Waals surface area contributed by atoms with Crippen LogP contribution in [0, 0.1) is 19.7 Å². The molecule has 4 nitrogen and oxygen atoms in total. The number of anilines is 1. The number of aryl methyl sites for hydroxylation is 2. The van der Waals surface area contributed by atoms with Crippen LogP contribution in [-0.4, -0.2) is 11.1 Å². The van der Waals surface area contributed by atoms with Gasteiger partial charge in [0.2, 0.25) is 0 Å². The molecule has 0 aliphatic carbocycles. The number of amidine groups is 1. The maximum Gasteiger partial charge on any atom is 0.271 e. The summed E-state index contributed by atoms with van der Waals surface area (Å²) in [6.45, 7) is 4.32. The lowest BCUT2D eigenvalue weighted by Crippen LogP contribution is -2.28. The summed E-state index contributed by atoms with van der Waals surface area (Å²) in [4.78, 5) is 21.1. The van der Waals surface area contributed by atoms with Crippen LogP contribution in [0.25, 0.3) is 16.8 Å². The highest BCUT2D eigenvalue weighted by molar-refractivity contribution is 8.19. The predicted octanol–water partition coefficient (Wildman–Crippen LogP) is 8.98. The lowest BCUT2D eigenvalue weighted by Gasteiger charge is -2.16. The van der Waals surface area contributed by atoms with Gasteiger partial charge in [-0.1, -0.05) is 77.9 Å². The van der Waals surface area contributed by atoms with Crippen LogP contribution in [0.2, 0.25) is 0 Å². The van der Waals surface area contributed by atoms with Gasteiger partial charge in [0, 0.05) is 5.56 Å². The third kappa shape index (κ3) is 5.79. The van der Waals surface area contributed by atoms with Crippen LogP contribution < -0.4 is 9.64 Å². The van der Waals surface area contributed by atoms with E-state index in [1.54, 1.807) is 17.0 Å². The van der Waals surface area contributed by atoms with E-state index in [0.29, 0.717) is 15.8 Å². The molecular formula is C35H27FN2O2S. The third-order valence-electron chi connectivity index (χ3n) is 6.87. The molecule has 0 bridgehead atoms. The Morgan fingerprint density at radius 3 is 2.24 bits per heavy atom. The lowest BCUT2D eigenvalue weighted by molar-refractivity contribution is -0.113. The number of ether oxygens (including phenoxy) is 1. The molecule has 0 spiro atoms. The molecule has 0 atom stereocenters. The molecule has 0 saturated carbocycles. The summed E-state index contributed by atoms with van der Waals surface area (Å²) >= 11 is 1.34. The topological polar surface area (TPSA) is 41.9 Å². The first-order chi connectivity index (χ1) is 19.9. The summed E-state index contributed by atoms with van der Waals surface area (Å²) in [5.41, 5.74) is 5.44. The molecule has 202 valence electrons. The number of nitrogens with zero attached hydrogens (tertiary/aromatic N) is 2. The van der Waals surface area contributed by atoms with Crippen molar-refractivity contribution in [2.75, 3.05) is 4.90 Å². The highest BCUT2D eigenvalue weighted by atomic mass is 32.2. The monoisotopic (exact) mass is 558 g/mol. The second-order valence-corrected chi connectivity index (χ2v) is 10.9. The summed E-state index contributed by atoms with van der Waals surface area (Å²) in [7, 11) is 0. The van der Waals surface area contributed by atoms with E-state index in [9.17, 15) is 9.18 Å². The Kier molecular flexibility index (Phi) is 7.40. The molecule has 1 fully saturated rings. The normalized spacial score (nSPS) is 15.3. The number of carbonyl (C=O) groups excluding carboxylic acids is 1. The van der Waals surface area contributed by atoms with E-state index in [2.05, 4.69) is 0 Å². The molecular weight excluding hydrogens is 531 g/mol. The molecule has 1 amide bonds. The van der Waals surface area contributed by atoms with Crippen molar-refractivity contribution < 1.29 is 13.9 Å². The van der Waals surface area contributed by atoms with Crippen molar-refractivity contribution in [2.45, 2.75) is 20.5 Å². The Balaban J connectivity index is 1.43. The highest BCUT2D eigenvalue weighted by Gasteiger charge is 2.35. The van der Waals surface area contributed by atoms with Crippen molar-refractivity contribution in [3.8, 4) is 5.75 Å². The van der Waals surface area contributed by atoms with Crippen LogP contribution in [0.3, 0.4) is 0 Å². The van der Waals surface area contributed by atoms with Gasteiger partial charge in [-0.15, -0.1) is 0 Å². The summed E-state index contributed by atoms with van der Waals surface area (Å²) in [5, 5.41) is 2.59. The molecule has 0 radical (unpaired) electrons. The van der Waals surface area contributed by atoms with E-state index in [1.165, 1.54) is 23.9 Å². The number of fused-ring (bicyclic) bond motifs is 1. The van der Waals surface area contributed by atoms with Gasteiger partial charge in [0.15, 0.2) is 5.17 Å². The first-order valence-electron chi connectivity index (χ1n) is 13.3. The molecule has 0 aromatic heterocycles. The van der Waals surface area contributed by atoms with E-state index in [1.807, 2.05) is 105 Å². The van der Waals surface area contributed by atoms with Gasteiger partial charge in [0.1, 0.15) is 18.2 Å². The maximum atomic E-state index is 14.0. The number of hydrogen-bond donors (Lipinski definition) is 0. The standard InChI is InChI=1S/C35H27FN2O2S/c1-23-7-16-28(17-8-23)37-35-38(29-18-9-24(2)10-19-29)34(39)33(41-35)21-31-30-6-4-3-5-26(30)13-20-32(31)40-22-25-11-14-27(36)15-12-25/h3-21H,22H2,1-2H3/b33-21-,37-35?. The molecule has 6 rings (SSSR count). The van der Waals surface area contributed by atoms with Gasteiger partial charge in [0.25, 0.3) is 5.91 Å². The molecule has 0 unspecified atom stereocenters. The zero-order chi connectivity index (χ0) is 28.3. The molecule has 41 heavy (non-hydrogen) atoms.